The minimum absolute atomic E-state index is 0.0592. The van der Waals surface area contributed by atoms with Gasteiger partial charge in [0.25, 0.3) is 0 Å². The minimum Gasteiger partial charge on any atom is -0.384 e. The molecule has 3 N–H and O–H groups in total. The number of nitrogens with two attached hydrogens (primary N) is 1. The van der Waals surface area contributed by atoms with Crippen LogP contribution in [-0.4, -0.2) is 27.4 Å². The van der Waals surface area contributed by atoms with Crippen LogP contribution in [0.2, 0.25) is 0 Å². The number of halogens is 3. The third-order valence-corrected chi connectivity index (χ3v) is 2.54. The van der Waals surface area contributed by atoms with Gasteiger partial charge in [-0.05, 0) is 12.1 Å². The van der Waals surface area contributed by atoms with E-state index in [0.717, 1.165) is 4.57 Å². The average Bonchev–Trinajstić information content (AvgIpc) is 2.65. The number of hydrogen-bond acceptors (Lipinski definition) is 3. The lowest BCUT2D eigenvalue weighted by Gasteiger charge is -2.14. The van der Waals surface area contributed by atoms with Crippen LogP contribution >= 0.6 is 0 Å². The molecule has 2 aromatic rings. The first-order chi connectivity index (χ1) is 8.42. The molecule has 2 rings (SSSR count). The molecule has 1 heterocycles. The van der Waals surface area contributed by atoms with Gasteiger partial charge in [-0.3, -0.25) is 0 Å². The molecule has 0 saturated heterocycles. The number of hydrogen-bond donors (Lipinski definition) is 2. The molecule has 1 unspecified atom stereocenters. The predicted octanol–water partition coefficient (Wildman–Crippen LogP) is 1.59. The summed E-state index contributed by atoms with van der Waals surface area (Å²) in [6.45, 7) is -1.37. The molecule has 0 amide bonds. The first-order valence-corrected chi connectivity index (χ1v) is 5.32. The normalized spacial score (nSPS) is 14.1. The van der Waals surface area contributed by atoms with Crippen molar-refractivity contribution in [2.75, 3.05) is 6.54 Å². The molecule has 4 nitrogen and oxygen atoms in total. The van der Waals surface area contributed by atoms with Gasteiger partial charge < -0.3 is 15.4 Å². The van der Waals surface area contributed by atoms with Gasteiger partial charge in [-0.2, -0.15) is 13.2 Å². The highest BCUT2D eigenvalue weighted by molar-refractivity contribution is 5.76. The second-order valence-electron chi connectivity index (χ2n) is 3.91. The van der Waals surface area contributed by atoms with E-state index in [1.54, 1.807) is 18.2 Å². The Morgan fingerprint density at radius 2 is 2.00 bits per heavy atom. The van der Waals surface area contributed by atoms with Crippen LogP contribution in [0.3, 0.4) is 0 Å². The van der Waals surface area contributed by atoms with Crippen molar-refractivity contribution in [3.05, 3.63) is 30.1 Å². The van der Waals surface area contributed by atoms with Crippen molar-refractivity contribution < 1.29 is 18.3 Å². The number of aliphatic hydroxyl groups excluding tert-OH is 1. The molecule has 1 atom stereocenters. The average molecular weight is 259 g/mol. The molecule has 0 spiro atoms. The summed E-state index contributed by atoms with van der Waals surface area (Å²) in [6.07, 6.45) is -5.59. The highest BCUT2D eigenvalue weighted by Gasteiger charge is 2.31. The van der Waals surface area contributed by atoms with Crippen molar-refractivity contribution in [1.82, 2.24) is 9.55 Å². The van der Waals surface area contributed by atoms with Crippen LogP contribution in [0, 0.1) is 0 Å². The van der Waals surface area contributed by atoms with E-state index in [2.05, 4.69) is 4.98 Å². The van der Waals surface area contributed by atoms with E-state index in [9.17, 15) is 18.3 Å². The highest BCUT2D eigenvalue weighted by atomic mass is 19.4. The summed E-state index contributed by atoms with van der Waals surface area (Å²) in [5.74, 6) is -0.0592. The minimum atomic E-state index is -4.38. The second-order valence-corrected chi connectivity index (χ2v) is 3.91. The van der Waals surface area contributed by atoms with Crippen LogP contribution in [0.5, 0.6) is 0 Å². The number of fused-ring (bicyclic) bond motifs is 1. The molecule has 0 fully saturated rings. The summed E-state index contributed by atoms with van der Waals surface area (Å²) in [5.41, 5.74) is 6.01. The molecule has 7 heteroatoms. The van der Waals surface area contributed by atoms with E-state index in [0.29, 0.717) is 11.0 Å². The van der Waals surface area contributed by atoms with Gasteiger partial charge in [-0.25, -0.2) is 4.98 Å². The van der Waals surface area contributed by atoms with Crippen molar-refractivity contribution in [2.24, 2.45) is 5.73 Å². The van der Waals surface area contributed by atoms with Crippen LogP contribution in [0.1, 0.15) is 11.9 Å². The van der Waals surface area contributed by atoms with E-state index in [-0.39, 0.29) is 12.4 Å². The molecular formula is C11H12F3N3O. The summed E-state index contributed by atoms with van der Waals surface area (Å²) in [5, 5.41) is 9.63. The van der Waals surface area contributed by atoms with Crippen molar-refractivity contribution in [1.29, 1.82) is 0 Å². The number of para-hydroxylation sites is 2. The predicted molar refractivity (Wildman–Crippen MR) is 59.8 cm³/mol. The van der Waals surface area contributed by atoms with Gasteiger partial charge >= 0.3 is 6.18 Å². The molecule has 18 heavy (non-hydrogen) atoms. The third kappa shape index (κ3) is 2.46. The summed E-state index contributed by atoms with van der Waals surface area (Å²) in [6, 6.07) is 6.41. The first kappa shape index (κ1) is 12.8. The Balaban J connectivity index is 2.58. The van der Waals surface area contributed by atoms with Crippen molar-refractivity contribution in [3.8, 4) is 0 Å². The number of imidazole rings is 1. The number of benzene rings is 1. The topological polar surface area (TPSA) is 64.1 Å². The fraction of sp³-hybridized carbons (Fsp3) is 0.364. The monoisotopic (exact) mass is 259 g/mol. The van der Waals surface area contributed by atoms with E-state index in [1.807, 2.05) is 0 Å². The molecule has 0 aliphatic rings. The van der Waals surface area contributed by atoms with Crippen LogP contribution in [-0.2, 0) is 6.54 Å². The van der Waals surface area contributed by atoms with Crippen molar-refractivity contribution >= 4 is 11.0 Å². The molecule has 1 aromatic heterocycles. The van der Waals surface area contributed by atoms with E-state index in [1.165, 1.54) is 6.07 Å². The summed E-state index contributed by atoms with van der Waals surface area (Å²) < 4.78 is 38.5. The lowest BCUT2D eigenvalue weighted by molar-refractivity contribution is -0.140. The second kappa shape index (κ2) is 4.58. The Hall–Kier alpha value is -1.60. The fourth-order valence-corrected chi connectivity index (χ4v) is 1.80. The number of nitrogens with zero attached hydrogens (tertiary/aromatic N) is 2. The van der Waals surface area contributed by atoms with Gasteiger partial charge in [0.2, 0.25) is 0 Å². The lowest BCUT2D eigenvalue weighted by atomic mass is 10.3. The van der Waals surface area contributed by atoms with Gasteiger partial charge in [0.15, 0.2) is 0 Å². The van der Waals surface area contributed by atoms with E-state index >= 15 is 0 Å². The first-order valence-electron chi connectivity index (χ1n) is 5.32. The molecule has 98 valence electrons. The van der Waals surface area contributed by atoms with Gasteiger partial charge in [0.1, 0.15) is 18.5 Å². The van der Waals surface area contributed by atoms with E-state index in [4.69, 9.17) is 5.73 Å². The Labute approximate surface area is 101 Å². The molecule has 0 aliphatic carbocycles. The van der Waals surface area contributed by atoms with Crippen molar-refractivity contribution in [3.63, 3.8) is 0 Å². The SMILES string of the molecule is NCC(O)c1nc2ccccc2n1CC(F)(F)F. The Morgan fingerprint density at radius 1 is 1.33 bits per heavy atom. The third-order valence-electron chi connectivity index (χ3n) is 2.54. The maximum Gasteiger partial charge on any atom is 0.406 e. The van der Waals surface area contributed by atoms with Crippen LogP contribution < -0.4 is 5.73 Å². The van der Waals surface area contributed by atoms with Crippen LogP contribution in [0.25, 0.3) is 11.0 Å². The van der Waals surface area contributed by atoms with Crippen molar-refractivity contribution in [2.45, 2.75) is 18.8 Å². The molecule has 0 saturated carbocycles. The smallest absolute Gasteiger partial charge is 0.384 e. The standard InChI is InChI=1S/C11H12F3N3O/c12-11(13,14)6-17-8-4-2-1-3-7(8)16-10(17)9(18)5-15/h1-4,9,18H,5-6,15H2. The molecule has 0 aliphatic heterocycles. The number of rotatable bonds is 3. The van der Waals surface area contributed by atoms with E-state index < -0.39 is 18.8 Å². The largest absolute Gasteiger partial charge is 0.406 e. The molecule has 0 radical (unpaired) electrons. The number of alkyl halides is 3. The van der Waals surface area contributed by atoms with Gasteiger partial charge in [0, 0.05) is 6.54 Å². The van der Waals surface area contributed by atoms with Crippen LogP contribution in [0.15, 0.2) is 24.3 Å². The maximum absolute atomic E-state index is 12.5. The van der Waals surface area contributed by atoms with Gasteiger partial charge in [-0.1, -0.05) is 12.1 Å². The highest BCUT2D eigenvalue weighted by Crippen LogP contribution is 2.25. The molecule has 0 bridgehead atoms. The zero-order valence-corrected chi connectivity index (χ0v) is 9.35. The Kier molecular flexibility index (Phi) is 3.27. The fourth-order valence-electron chi connectivity index (χ4n) is 1.80. The zero-order chi connectivity index (χ0) is 13.3. The zero-order valence-electron chi connectivity index (χ0n) is 9.35. The summed E-state index contributed by atoms with van der Waals surface area (Å²) >= 11 is 0. The van der Waals surface area contributed by atoms with Crippen LogP contribution in [0.4, 0.5) is 13.2 Å². The van der Waals surface area contributed by atoms with Gasteiger partial charge in [0.05, 0.1) is 11.0 Å². The Bertz CT molecular complexity index is 550. The van der Waals surface area contributed by atoms with Gasteiger partial charge in [-0.15, -0.1) is 0 Å². The summed E-state index contributed by atoms with van der Waals surface area (Å²) in [7, 11) is 0. The lowest BCUT2D eigenvalue weighted by Crippen LogP contribution is -2.23. The quantitative estimate of drug-likeness (QED) is 0.879. The summed E-state index contributed by atoms with van der Waals surface area (Å²) in [4.78, 5) is 4.00. The Morgan fingerprint density at radius 3 is 2.61 bits per heavy atom. The molecular weight excluding hydrogens is 247 g/mol. The molecule has 1 aromatic carbocycles. The number of aliphatic hydroxyl groups is 1. The number of aromatic nitrogens is 2. The maximum atomic E-state index is 12.5.